The van der Waals surface area contributed by atoms with Crippen LogP contribution >= 0.6 is 23.2 Å². The van der Waals surface area contributed by atoms with Gasteiger partial charge in [0.1, 0.15) is 11.1 Å². The molecule has 2 atom stereocenters. The monoisotopic (exact) mass is 515 g/mol. The second-order valence-corrected chi connectivity index (χ2v) is 17.1. The molecule has 0 unspecified atom stereocenters. The van der Waals surface area contributed by atoms with Gasteiger partial charge in [0.05, 0.1) is 22.7 Å². The summed E-state index contributed by atoms with van der Waals surface area (Å²) < 4.78 is 12.4. The molecule has 1 saturated heterocycles. The number of hydrogen-bond donors (Lipinski definition) is 0. The summed E-state index contributed by atoms with van der Waals surface area (Å²) in [6.07, 6.45) is 0.899. The van der Waals surface area contributed by atoms with E-state index >= 15 is 0 Å². The summed E-state index contributed by atoms with van der Waals surface area (Å²) in [5.74, 6) is -0.157. The molecule has 1 heterocycles. The van der Waals surface area contributed by atoms with Gasteiger partial charge in [-0.15, -0.1) is 0 Å². The van der Waals surface area contributed by atoms with Crippen LogP contribution in [0.15, 0.2) is 18.2 Å². The molecule has 33 heavy (non-hydrogen) atoms. The largest absolute Gasteiger partial charge is 0.444 e. The van der Waals surface area contributed by atoms with Crippen molar-refractivity contribution in [2.24, 2.45) is 0 Å². The number of carbonyl (C=O) groups excluding carboxylic acids is 2. The number of halogens is 2. The van der Waals surface area contributed by atoms with Gasteiger partial charge in [-0.25, -0.2) is 4.79 Å². The second-order valence-electron chi connectivity index (χ2n) is 11.5. The van der Waals surface area contributed by atoms with Gasteiger partial charge in [-0.3, -0.25) is 9.69 Å². The first-order valence-corrected chi connectivity index (χ1v) is 15.3. The standard InChI is InChI=1S/C25H39Cl2NO4Si/c1-10-13-25(21(29)17-11-12-19(26)20(27)14-17)15-18(32-33(8,9)24(5,6)7)16-28(25)22(30)31-23(2,3)4/h11-12,14,18H,10,13,15-16H2,1-9H3/t18-,25+/m1/s1. The lowest BCUT2D eigenvalue weighted by atomic mass is 9.82. The summed E-state index contributed by atoms with van der Waals surface area (Å²) in [4.78, 5) is 29.0. The van der Waals surface area contributed by atoms with E-state index in [9.17, 15) is 9.59 Å². The van der Waals surface area contributed by atoms with Gasteiger partial charge in [0, 0.05) is 12.0 Å². The second kappa shape index (κ2) is 9.88. The number of likely N-dealkylation sites (tertiary alicyclic amines) is 1. The Morgan fingerprint density at radius 3 is 2.21 bits per heavy atom. The van der Waals surface area contributed by atoms with E-state index in [2.05, 4.69) is 33.9 Å². The van der Waals surface area contributed by atoms with Crippen molar-refractivity contribution in [2.45, 2.75) is 103 Å². The van der Waals surface area contributed by atoms with Gasteiger partial charge in [0.15, 0.2) is 14.1 Å². The number of amides is 1. The molecule has 2 rings (SSSR count). The molecule has 0 aliphatic carbocycles. The highest BCUT2D eigenvalue weighted by Crippen LogP contribution is 2.44. The Morgan fingerprint density at radius 1 is 1.12 bits per heavy atom. The van der Waals surface area contributed by atoms with Crippen LogP contribution in [0.5, 0.6) is 0 Å². The summed E-state index contributed by atoms with van der Waals surface area (Å²) in [6.45, 7) is 18.7. The van der Waals surface area contributed by atoms with Gasteiger partial charge in [0.25, 0.3) is 0 Å². The zero-order valence-electron chi connectivity index (χ0n) is 21.5. The Hall–Kier alpha value is -1.08. The molecule has 0 saturated carbocycles. The molecule has 1 aromatic carbocycles. The lowest BCUT2D eigenvalue weighted by Crippen LogP contribution is -2.54. The van der Waals surface area contributed by atoms with Crippen LogP contribution in [0.3, 0.4) is 0 Å². The lowest BCUT2D eigenvalue weighted by molar-refractivity contribution is 0.00677. The van der Waals surface area contributed by atoms with Crippen LogP contribution in [0.2, 0.25) is 28.2 Å². The SMILES string of the molecule is CCC[C@@]1(C(=O)c2ccc(Cl)c(Cl)c2)C[C@@H](O[Si](C)(C)C(C)(C)C)CN1C(=O)OC(C)(C)C. The van der Waals surface area contributed by atoms with Crippen molar-refractivity contribution < 1.29 is 18.8 Å². The van der Waals surface area contributed by atoms with E-state index in [0.717, 1.165) is 6.42 Å². The van der Waals surface area contributed by atoms with Gasteiger partial charge in [-0.1, -0.05) is 57.3 Å². The maximum atomic E-state index is 14.0. The molecular formula is C25H39Cl2NO4Si. The fraction of sp³-hybridized carbons (Fsp3) is 0.680. The van der Waals surface area contributed by atoms with Crippen LogP contribution in [-0.4, -0.2) is 48.9 Å². The highest BCUT2D eigenvalue weighted by Gasteiger charge is 2.55. The van der Waals surface area contributed by atoms with Crippen molar-refractivity contribution in [1.82, 2.24) is 4.90 Å². The number of benzene rings is 1. The van der Waals surface area contributed by atoms with Crippen LogP contribution in [0.25, 0.3) is 0 Å². The molecule has 1 aliphatic rings. The van der Waals surface area contributed by atoms with Crippen molar-refractivity contribution in [3.8, 4) is 0 Å². The number of ketones is 1. The molecule has 1 aromatic rings. The van der Waals surface area contributed by atoms with Crippen LogP contribution in [0, 0.1) is 0 Å². The van der Waals surface area contributed by atoms with Gasteiger partial charge in [-0.2, -0.15) is 0 Å². The van der Waals surface area contributed by atoms with E-state index in [1.54, 1.807) is 23.1 Å². The van der Waals surface area contributed by atoms with Crippen molar-refractivity contribution in [3.63, 3.8) is 0 Å². The van der Waals surface area contributed by atoms with Gasteiger partial charge in [-0.05, 0) is 63.5 Å². The topological polar surface area (TPSA) is 55.8 Å². The number of hydrogen-bond acceptors (Lipinski definition) is 4. The van der Waals surface area contributed by atoms with Crippen molar-refractivity contribution in [1.29, 1.82) is 0 Å². The van der Waals surface area contributed by atoms with E-state index < -0.39 is 25.6 Å². The Kier molecular flexibility index (Phi) is 8.43. The Labute approximate surface area is 210 Å². The van der Waals surface area contributed by atoms with E-state index in [-0.39, 0.29) is 16.9 Å². The summed E-state index contributed by atoms with van der Waals surface area (Å²) in [7, 11) is -2.13. The molecule has 0 aromatic heterocycles. The first kappa shape index (κ1) is 28.2. The summed E-state index contributed by atoms with van der Waals surface area (Å²) in [5.41, 5.74) is -1.32. The molecule has 1 aliphatic heterocycles. The Morgan fingerprint density at radius 2 is 1.73 bits per heavy atom. The van der Waals surface area contributed by atoms with Gasteiger partial charge in [0.2, 0.25) is 0 Å². The molecule has 5 nitrogen and oxygen atoms in total. The Bertz CT molecular complexity index is 891. The molecule has 186 valence electrons. The molecule has 0 spiro atoms. The Balaban J connectivity index is 2.54. The summed E-state index contributed by atoms with van der Waals surface area (Å²) in [5, 5.41) is 0.699. The average molecular weight is 517 g/mol. The number of Topliss-reactive ketones (excluding diaryl/α,β-unsaturated/α-hetero) is 1. The predicted octanol–water partition coefficient (Wildman–Crippen LogP) is 7.75. The van der Waals surface area contributed by atoms with Crippen LogP contribution in [0.4, 0.5) is 4.79 Å². The lowest BCUT2D eigenvalue weighted by Gasteiger charge is -2.38. The van der Waals surface area contributed by atoms with Crippen molar-refractivity contribution in [2.75, 3.05) is 6.54 Å². The fourth-order valence-electron chi connectivity index (χ4n) is 4.05. The van der Waals surface area contributed by atoms with Crippen molar-refractivity contribution >= 4 is 43.4 Å². The number of nitrogens with zero attached hydrogens (tertiary/aromatic N) is 1. The van der Waals surface area contributed by atoms with E-state index in [1.807, 2.05) is 27.7 Å². The molecule has 0 N–H and O–H groups in total. The van der Waals surface area contributed by atoms with Crippen LogP contribution in [-0.2, 0) is 9.16 Å². The van der Waals surface area contributed by atoms with E-state index in [1.165, 1.54) is 0 Å². The molecule has 1 amide bonds. The highest BCUT2D eigenvalue weighted by atomic mass is 35.5. The third kappa shape index (κ3) is 6.33. The molecule has 8 heteroatoms. The molecule has 0 bridgehead atoms. The van der Waals surface area contributed by atoms with E-state index in [4.69, 9.17) is 32.4 Å². The van der Waals surface area contributed by atoms with Crippen molar-refractivity contribution in [3.05, 3.63) is 33.8 Å². The summed E-state index contributed by atoms with van der Waals surface area (Å²) in [6, 6.07) is 4.87. The third-order valence-electron chi connectivity index (χ3n) is 6.62. The zero-order chi connectivity index (χ0) is 25.4. The highest BCUT2D eigenvalue weighted by molar-refractivity contribution is 6.74. The molecule has 1 fully saturated rings. The molecular weight excluding hydrogens is 477 g/mol. The van der Waals surface area contributed by atoms with Crippen LogP contribution in [0.1, 0.15) is 78.1 Å². The first-order chi connectivity index (χ1) is 14.9. The van der Waals surface area contributed by atoms with E-state index in [0.29, 0.717) is 35.0 Å². The minimum absolute atomic E-state index is 0.00741. The first-order valence-electron chi connectivity index (χ1n) is 11.6. The minimum Gasteiger partial charge on any atom is -0.444 e. The summed E-state index contributed by atoms with van der Waals surface area (Å²) >= 11 is 12.3. The predicted molar refractivity (Wildman–Crippen MR) is 138 cm³/mol. The quantitative estimate of drug-likeness (QED) is 0.287. The maximum absolute atomic E-state index is 14.0. The van der Waals surface area contributed by atoms with Gasteiger partial charge < -0.3 is 9.16 Å². The number of ether oxygens (including phenoxy) is 1. The van der Waals surface area contributed by atoms with Crippen LogP contribution < -0.4 is 0 Å². The minimum atomic E-state index is -2.13. The normalized spacial score (nSPS) is 21.9. The average Bonchev–Trinajstić information content (AvgIpc) is 3.00. The number of carbonyl (C=O) groups is 2. The maximum Gasteiger partial charge on any atom is 0.411 e. The number of rotatable bonds is 6. The smallest absolute Gasteiger partial charge is 0.411 e. The fourth-order valence-corrected chi connectivity index (χ4v) is 5.70. The zero-order valence-corrected chi connectivity index (χ0v) is 24.0. The third-order valence-corrected chi connectivity index (χ3v) is 11.9. The van der Waals surface area contributed by atoms with Gasteiger partial charge >= 0.3 is 6.09 Å². The molecule has 0 radical (unpaired) electrons.